The van der Waals surface area contributed by atoms with Crippen LogP contribution in [0.2, 0.25) is 0 Å². The van der Waals surface area contributed by atoms with Crippen molar-refractivity contribution in [3.05, 3.63) is 36.0 Å². The maximum atomic E-state index is 12.0. The number of carbonyl (C=O) groups is 1. The lowest BCUT2D eigenvalue weighted by Crippen LogP contribution is -2.37. The first-order valence-corrected chi connectivity index (χ1v) is 7.72. The highest BCUT2D eigenvalue weighted by molar-refractivity contribution is 5.84. The van der Waals surface area contributed by atoms with Crippen molar-refractivity contribution in [2.75, 3.05) is 6.54 Å². The molecule has 21 heavy (non-hydrogen) atoms. The van der Waals surface area contributed by atoms with Crippen molar-refractivity contribution in [3.8, 4) is 0 Å². The highest BCUT2D eigenvalue weighted by atomic mass is 16.1. The van der Waals surface area contributed by atoms with Crippen LogP contribution in [0.5, 0.6) is 0 Å². The number of benzene rings is 1. The molecule has 0 saturated carbocycles. The third-order valence-corrected chi connectivity index (χ3v) is 4.60. The van der Waals surface area contributed by atoms with Gasteiger partial charge in [0.1, 0.15) is 0 Å². The lowest BCUT2D eigenvalue weighted by atomic mass is 9.81. The minimum atomic E-state index is 0.133. The van der Waals surface area contributed by atoms with Crippen LogP contribution in [0.3, 0.4) is 0 Å². The topological polar surface area (TPSA) is 44.9 Å². The molecule has 0 fully saturated rings. The summed E-state index contributed by atoms with van der Waals surface area (Å²) in [6.07, 6.45) is 3.32. The highest BCUT2D eigenvalue weighted by Crippen LogP contribution is 2.24. The van der Waals surface area contributed by atoms with Crippen LogP contribution < -0.4 is 5.32 Å². The Morgan fingerprint density at radius 1 is 1.29 bits per heavy atom. The molecule has 3 heteroatoms. The Morgan fingerprint density at radius 3 is 2.71 bits per heavy atom. The van der Waals surface area contributed by atoms with Crippen molar-refractivity contribution >= 4 is 16.8 Å². The highest BCUT2D eigenvalue weighted by Gasteiger charge is 2.22. The molecule has 1 aromatic carbocycles. The van der Waals surface area contributed by atoms with E-state index >= 15 is 0 Å². The van der Waals surface area contributed by atoms with E-state index in [1.54, 1.807) is 0 Å². The van der Waals surface area contributed by atoms with Gasteiger partial charge in [0.05, 0.1) is 0 Å². The van der Waals surface area contributed by atoms with Gasteiger partial charge >= 0.3 is 0 Å². The van der Waals surface area contributed by atoms with Crippen molar-refractivity contribution < 1.29 is 4.79 Å². The number of amides is 1. The average molecular weight is 286 g/mol. The molecular formula is C18H26N2O. The molecule has 0 radical (unpaired) electrons. The fraction of sp³-hybridized carbons (Fsp3) is 0.500. The van der Waals surface area contributed by atoms with E-state index in [2.05, 4.69) is 50.1 Å². The molecule has 2 aromatic rings. The molecule has 114 valence electrons. The van der Waals surface area contributed by atoms with Crippen LogP contribution in [-0.2, 0) is 11.2 Å². The van der Waals surface area contributed by atoms with Crippen LogP contribution in [0.15, 0.2) is 30.5 Å². The number of aryl methyl sites for hydroxylation is 1. The van der Waals surface area contributed by atoms with Gasteiger partial charge in [-0.1, -0.05) is 45.9 Å². The zero-order valence-electron chi connectivity index (χ0n) is 13.5. The number of hydrogen-bond donors (Lipinski definition) is 2. The van der Waals surface area contributed by atoms with Crippen LogP contribution in [0, 0.1) is 11.3 Å². The number of carbonyl (C=O) groups excluding carboxylic acids is 1. The molecule has 0 unspecified atom stereocenters. The Bertz CT molecular complexity index is 610. The predicted molar refractivity (Wildman–Crippen MR) is 88.2 cm³/mol. The summed E-state index contributed by atoms with van der Waals surface area (Å²) >= 11 is 0. The second-order valence-electron chi connectivity index (χ2n) is 6.78. The van der Waals surface area contributed by atoms with Crippen LogP contribution in [0.25, 0.3) is 10.9 Å². The molecule has 3 nitrogen and oxygen atoms in total. The largest absolute Gasteiger partial charge is 0.361 e. The normalized spacial score (nSPS) is 12.0. The third kappa shape index (κ3) is 3.87. The third-order valence-electron chi connectivity index (χ3n) is 4.60. The molecule has 1 heterocycles. The second kappa shape index (κ2) is 6.33. The number of rotatable bonds is 6. The van der Waals surface area contributed by atoms with Crippen molar-refractivity contribution in [2.45, 2.75) is 40.5 Å². The first-order valence-electron chi connectivity index (χ1n) is 7.72. The summed E-state index contributed by atoms with van der Waals surface area (Å²) in [5.74, 6) is 0.681. The van der Waals surface area contributed by atoms with E-state index in [1.807, 2.05) is 18.3 Å². The standard InChI is InChI=1S/C18H26N2O/c1-13(2)18(3,4)12-20-17(21)10-9-14-11-19-16-8-6-5-7-15(14)16/h5-8,11,13,19H,9-10,12H2,1-4H3,(H,20,21). The molecule has 0 aliphatic heterocycles. The minimum Gasteiger partial charge on any atom is -0.361 e. The minimum absolute atomic E-state index is 0.133. The molecule has 0 aliphatic rings. The fourth-order valence-corrected chi connectivity index (χ4v) is 2.21. The quantitative estimate of drug-likeness (QED) is 0.831. The van der Waals surface area contributed by atoms with E-state index in [1.165, 1.54) is 10.9 Å². The summed E-state index contributed by atoms with van der Waals surface area (Å²) in [6, 6.07) is 8.21. The Balaban J connectivity index is 1.87. The van der Waals surface area contributed by atoms with Crippen molar-refractivity contribution in [1.29, 1.82) is 0 Å². The van der Waals surface area contributed by atoms with E-state index in [9.17, 15) is 4.79 Å². The number of aromatic amines is 1. The summed E-state index contributed by atoms with van der Waals surface area (Å²) in [7, 11) is 0. The maximum Gasteiger partial charge on any atom is 0.220 e. The van der Waals surface area contributed by atoms with Gasteiger partial charge in [-0.3, -0.25) is 4.79 Å². The summed E-state index contributed by atoms with van der Waals surface area (Å²) in [4.78, 5) is 15.3. The predicted octanol–water partition coefficient (Wildman–Crippen LogP) is 3.90. The van der Waals surface area contributed by atoms with Crippen molar-refractivity contribution in [3.63, 3.8) is 0 Å². The Kier molecular flexibility index (Phi) is 4.71. The summed E-state index contributed by atoms with van der Waals surface area (Å²) in [6.45, 7) is 9.50. The van der Waals surface area contributed by atoms with Crippen molar-refractivity contribution in [1.82, 2.24) is 10.3 Å². The van der Waals surface area contributed by atoms with Gasteiger partial charge in [0.15, 0.2) is 0 Å². The molecule has 2 rings (SSSR count). The van der Waals surface area contributed by atoms with Gasteiger partial charge in [-0.05, 0) is 29.4 Å². The van der Waals surface area contributed by atoms with Gasteiger partial charge in [-0.15, -0.1) is 0 Å². The summed E-state index contributed by atoms with van der Waals surface area (Å²) in [5, 5.41) is 4.28. The van der Waals surface area contributed by atoms with E-state index < -0.39 is 0 Å². The Labute approximate surface area is 127 Å². The van der Waals surface area contributed by atoms with Crippen LogP contribution in [0.4, 0.5) is 0 Å². The molecule has 2 N–H and O–H groups in total. The number of fused-ring (bicyclic) bond motifs is 1. The molecule has 0 spiro atoms. The summed E-state index contributed by atoms with van der Waals surface area (Å²) in [5.41, 5.74) is 2.48. The number of hydrogen-bond acceptors (Lipinski definition) is 1. The molecule has 1 amide bonds. The SMILES string of the molecule is CC(C)C(C)(C)CNC(=O)CCc1c[nH]c2ccccc12. The van der Waals surface area contributed by atoms with E-state index in [0.717, 1.165) is 18.5 Å². The smallest absolute Gasteiger partial charge is 0.220 e. The second-order valence-corrected chi connectivity index (χ2v) is 6.78. The van der Waals surface area contributed by atoms with Gasteiger partial charge in [0.2, 0.25) is 5.91 Å². The lowest BCUT2D eigenvalue weighted by molar-refractivity contribution is -0.121. The first-order chi connectivity index (χ1) is 9.90. The van der Waals surface area contributed by atoms with Gasteiger partial charge in [0.25, 0.3) is 0 Å². The zero-order chi connectivity index (χ0) is 15.5. The number of para-hydroxylation sites is 1. The van der Waals surface area contributed by atoms with E-state index in [-0.39, 0.29) is 11.3 Å². The van der Waals surface area contributed by atoms with E-state index in [4.69, 9.17) is 0 Å². The zero-order valence-corrected chi connectivity index (χ0v) is 13.5. The molecular weight excluding hydrogens is 260 g/mol. The van der Waals surface area contributed by atoms with Gasteiger partial charge in [-0.2, -0.15) is 0 Å². The lowest BCUT2D eigenvalue weighted by Gasteiger charge is -2.29. The van der Waals surface area contributed by atoms with Crippen LogP contribution in [-0.4, -0.2) is 17.4 Å². The number of aromatic nitrogens is 1. The monoisotopic (exact) mass is 286 g/mol. The van der Waals surface area contributed by atoms with Crippen LogP contribution in [0.1, 0.15) is 39.7 Å². The Morgan fingerprint density at radius 2 is 2.00 bits per heavy atom. The number of H-pyrrole nitrogens is 1. The van der Waals surface area contributed by atoms with E-state index in [0.29, 0.717) is 12.3 Å². The van der Waals surface area contributed by atoms with Gasteiger partial charge < -0.3 is 10.3 Å². The Hall–Kier alpha value is -1.77. The first kappa shape index (κ1) is 15.6. The number of nitrogens with one attached hydrogen (secondary N) is 2. The molecule has 0 aliphatic carbocycles. The summed E-state index contributed by atoms with van der Waals surface area (Å²) < 4.78 is 0. The fourth-order valence-electron chi connectivity index (χ4n) is 2.21. The molecule has 0 atom stereocenters. The molecule has 0 bridgehead atoms. The van der Waals surface area contributed by atoms with Crippen molar-refractivity contribution in [2.24, 2.45) is 11.3 Å². The maximum absolute atomic E-state index is 12.0. The molecule has 0 saturated heterocycles. The van der Waals surface area contributed by atoms with Gasteiger partial charge in [-0.25, -0.2) is 0 Å². The van der Waals surface area contributed by atoms with Gasteiger partial charge in [0, 0.05) is 30.1 Å². The average Bonchev–Trinajstić information content (AvgIpc) is 2.86. The molecule has 1 aromatic heterocycles. The van der Waals surface area contributed by atoms with Crippen LogP contribution >= 0.6 is 0 Å².